The van der Waals surface area contributed by atoms with Gasteiger partial charge in [-0.15, -0.1) is 10.2 Å². The van der Waals surface area contributed by atoms with E-state index in [2.05, 4.69) is 15.2 Å². The van der Waals surface area contributed by atoms with Crippen LogP contribution >= 0.6 is 22.6 Å². The number of hydrogen-bond acceptors (Lipinski definition) is 5. The highest BCUT2D eigenvalue weighted by atomic mass is 127. The van der Waals surface area contributed by atoms with Gasteiger partial charge < -0.3 is 10.1 Å². The number of carbonyl (C=O) groups is 1. The molecule has 3 rings (SSSR count). The van der Waals surface area contributed by atoms with Crippen LogP contribution in [0.4, 0.5) is 11.4 Å². The molecule has 0 aliphatic heterocycles. The third kappa shape index (κ3) is 2.97. The molecule has 24 heavy (non-hydrogen) atoms. The SMILES string of the molecule is O=C(N=Nc1c(O)[nH]c2ccc([N+](=O)[O-])cc12)c1ccccc1I. The topological polar surface area (TPSA) is 121 Å². The standard InChI is InChI=1S/C15H9IN4O4/c16-11-4-2-1-3-9(11)14(21)19-18-13-10-7-8(20(23)24)5-6-12(10)17-15(13)22/h1-7,17,22H. The van der Waals surface area contributed by atoms with Gasteiger partial charge in [0.25, 0.3) is 11.6 Å². The summed E-state index contributed by atoms with van der Waals surface area (Å²) in [5.74, 6) is -0.885. The number of H-pyrrole nitrogens is 1. The first-order valence-corrected chi connectivity index (χ1v) is 7.75. The van der Waals surface area contributed by atoms with Crippen molar-refractivity contribution in [1.82, 2.24) is 4.98 Å². The summed E-state index contributed by atoms with van der Waals surface area (Å²) < 4.78 is 0.720. The van der Waals surface area contributed by atoms with E-state index < -0.39 is 10.8 Å². The van der Waals surface area contributed by atoms with E-state index in [4.69, 9.17) is 0 Å². The number of rotatable bonds is 3. The fourth-order valence-corrected chi connectivity index (χ4v) is 2.77. The number of hydrogen-bond donors (Lipinski definition) is 2. The quantitative estimate of drug-likeness (QED) is 0.275. The van der Waals surface area contributed by atoms with Gasteiger partial charge in [0.15, 0.2) is 5.69 Å². The molecule has 0 atom stereocenters. The first kappa shape index (κ1) is 16.1. The fraction of sp³-hybridized carbons (Fsp3) is 0. The van der Waals surface area contributed by atoms with Crippen molar-refractivity contribution in [3.63, 3.8) is 0 Å². The van der Waals surface area contributed by atoms with E-state index in [1.54, 1.807) is 24.3 Å². The number of nitrogens with zero attached hydrogens (tertiary/aromatic N) is 3. The lowest BCUT2D eigenvalue weighted by Crippen LogP contribution is -1.96. The second kappa shape index (κ2) is 6.35. The highest BCUT2D eigenvalue weighted by Gasteiger charge is 2.16. The lowest BCUT2D eigenvalue weighted by molar-refractivity contribution is -0.384. The minimum atomic E-state index is -0.570. The molecule has 3 aromatic rings. The molecule has 0 unspecified atom stereocenters. The predicted molar refractivity (Wildman–Crippen MR) is 94.6 cm³/mol. The Bertz CT molecular complexity index is 996. The summed E-state index contributed by atoms with van der Waals surface area (Å²) in [4.78, 5) is 25.1. The molecule has 120 valence electrons. The third-order valence-electron chi connectivity index (χ3n) is 3.29. The maximum Gasteiger partial charge on any atom is 0.296 e. The number of fused-ring (bicyclic) bond motifs is 1. The molecule has 8 nitrogen and oxygen atoms in total. The maximum absolute atomic E-state index is 12.1. The molecule has 0 bridgehead atoms. The summed E-state index contributed by atoms with van der Waals surface area (Å²) >= 11 is 2.01. The normalized spacial score (nSPS) is 11.2. The van der Waals surface area contributed by atoms with E-state index in [9.17, 15) is 20.0 Å². The first-order chi connectivity index (χ1) is 11.5. The Labute approximate surface area is 148 Å². The van der Waals surface area contributed by atoms with Gasteiger partial charge in [-0.05, 0) is 40.8 Å². The second-order valence-electron chi connectivity index (χ2n) is 4.79. The van der Waals surface area contributed by atoms with Gasteiger partial charge in [0.1, 0.15) is 0 Å². The minimum Gasteiger partial charge on any atom is -0.493 e. The van der Waals surface area contributed by atoms with Crippen LogP contribution in [-0.4, -0.2) is 20.9 Å². The van der Waals surface area contributed by atoms with Crippen molar-refractivity contribution in [2.45, 2.75) is 0 Å². The van der Waals surface area contributed by atoms with Gasteiger partial charge in [-0.2, -0.15) is 0 Å². The van der Waals surface area contributed by atoms with E-state index in [0.29, 0.717) is 16.5 Å². The summed E-state index contributed by atoms with van der Waals surface area (Å²) in [7, 11) is 0. The van der Waals surface area contributed by atoms with Gasteiger partial charge in [-0.25, -0.2) is 0 Å². The highest BCUT2D eigenvalue weighted by molar-refractivity contribution is 14.1. The lowest BCUT2D eigenvalue weighted by atomic mass is 10.2. The Balaban J connectivity index is 2.01. The summed E-state index contributed by atoms with van der Waals surface area (Å²) in [6.07, 6.45) is 0. The van der Waals surface area contributed by atoms with Gasteiger partial charge in [-0.1, -0.05) is 12.1 Å². The third-order valence-corrected chi connectivity index (χ3v) is 4.23. The number of nitro groups is 1. The fourth-order valence-electron chi connectivity index (χ4n) is 2.15. The number of azo groups is 1. The minimum absolute atomic E-state index is 0.0204. The number of halogens is 1. The van der Waals surface area contributed by atoms with Gasteiger partial charge in [0.05, 0.1) is 16.0 Å². The Morgan fingerprint density at radius 1 is 1.25 bits per heavy atom. The van der Waals surface area contributed by atoms with Crippen molar-refractivity contribution in [2.24, 2.45) is 10.2 Å². The molecule has 9 heteroatoms. The number of nitro benzene ring substituents is 1. The van der Waals surface area contributed by atoms with Crippen LogP contribution < -0.4 is 0 Å². The van der Waals surface area contributed by atoms with Crippen molar-refractivity contribution >= 4 is 50.8 Å². The van der Waals surface area contributed by atoms with Gasteiger partial charge in [-0.3, -0.25) is 14.9 Å². The van der Waals surface area contributed by atoms with Crippen LogP contribution in [0.5, 0.6) is 5.88 Å². The Morgan fingerprint density at radius 3 is 2.71 bits per heavy atom. The van der Waals surface area contributed by atoms with Gasteiger partial charge in [0.2, 0.25) is 5.88 Å². The van der Waals surface area contributed by atoms with Crippen molar-refractivity contribution in [2.75, 3.05) is 0 Å². The number of carbonyl (C=O) groups excluding carboxylic acids is 1. The molecule has 1 aromatic heterocycles. The summed E-state index contributed by atoms with van der Waals surface area (Å²) in [5, 5.41) is 28.5. The molecule has 2 N–H and O–H groups in total. The van der Waals surface area contributed by atoms with E-state index in [0.717, 1.165) is 3.57 Å². The molecule has 1 amide bonds. The molecule has 2 aromatic carbocycles. The number of aromatic amines is 1. The van der Waals surface area contributed by atoms with Gasteiger partial charge in [0, 0.05) is 21.1 Å². The average molecular weight is 436 g/mol. The zero-order chi connectivity index (χ0) is 17.3. The molecule has 0 saturated heterocycles. The molecule has 0 aliphatic rings. The van der Waals surface area contributed by atoms with Crippen LogP contribution in [-0.2, 0) is 0 Å². The number of aromatic hydroxyl groups is 1. The molecular formula is C15H9IN4O4. The Hall–Kier alpha value is -2.82. The largest absolute Gasteiger partial charge is 0.493 e. The van der Waals surface area contributed by atoms with Crippen LogP contribution in [0, 0.1) is 13.7 Å². The maximum atomic E-state index is 12.1. The van der Waals surface area contributed by atoms with Crippen LogP contribution in [0.3, 0.4) is 0 Å². The van der Waals surface area contributed by atoms with Crippen LogP contribution in [0.2, 0.25) is 0 Å². The molecular weight excluding hydrogens is 427 g/mol. The molecule has 0 saturated carbocycles. The number of benzene rings is 2. The van der Waals surface area contributed by atoms with Crippen molar-refractivity contribution in [3.05, 3.63) is 61.7 Å². The van der Waals surface area contributed by atoms with E-state index in [-0.39, 0.29) is 17.3 Å². The predicted octanol–water partition coefficient (Wildman–Crippen LogP) is 4.31. The number of nitrogens with one attached hydrogen (secondary N) is 1. The van der Waals surface area contributed by atoms with Gasteiger partial charge >= 0.3 is 0 Å². The highest BCUT2D eigenvalue weighted by Crippen LogP contribution is 2.37. The number of aromatic nitrogens is 1. The van der Waals surface area contributed by atoms with Crippen molar-refractivity contribution < 1.29 is 14.8 Å². The van der Waals surface area contributed by atoms with Crippen LogP contribution in [0.25, 0.3) is 10.9 Å². The average Bonchev–Trinajstić information content (AvgIpc) is 2.87. The van der Waals surface area contributed by atoms with E-state index in [1.165, 1.54) is 18.2 Å². The molecule has 0 fully saturated rings. The Morgan fingerprint density at radius 2 is 2.00 bits per heavy atom. The second-order valence-corrected chi connectivity index (χ2v) is 5.96. The first-order valence-electron chi connectivity index (χ1n) is 6.67. The number of non-ortho nitro benzene ring substituents is 1. The zero-order valence-corrected chi connectivity index (χ0v) is 14.1. The monoisotopic (exact) mass is 436 g/mol. The number of amides is 1. The Kier molecular flexibility index (Phi) is 4.25. The summed E-state index contributed by atoms with van der Waals surface area (Å²) in [5.41, 5.74) is 0.663. The molecule has 0 spiro atoms. The molecule has 0 radical (unpaired) electrons. The summed E-state index contributed by atoms with van der Waals surface area (Å²) in [6.45, 7) is 0. The van der Waals surface area contributed by atoms with Crippen molar-refractivity contribution in [1.29, 1.82) is 0 Å². The summed E-state index contributed by atoms with van der Waals surface area (Å²) in [6, 6.07) is 10.9. The van der Waals surface area contributed by atoms with Crippen LogP contribution in [0.15, 0.2) is 52.7 Å². The smallest absolute Gasteiger partial charge is 0.296 e. The molecule has 1 heterocycles. The lowest BCUT2D eigenvalue weighted by Gasteiger charge is -1.97. The van der Waals surface area contributed by atoms with E-state index >= 15 is 0 Å². The van der Waals surface area contributed by atoms with E-state index in [1.807, 2.05) is 22.6 Å². The molecule has 0 aliphatic carbocycles. The van der Waals surface area contributed by atoms with Crippen molar-refractivity contribution in [3.8, 4) is 5.88 Å². The van der Waals surface area contributed by atoms with Crippen LogP contribution in [0.1, 0.15) is 10.4 Å². The zero-order valence-electron chi connectivity index (χ0n) is 11.9.